The average Bonchev–Trinajstić information content (AvgIpc) is 2.75. The molecule has 0 aliphatic rings. The van der Waals surface area contributed by atoms with Crippen LogP contribution >= 0.6 is 23.4 Å². The zero-order chi connectivity index (χ0) is 14.1. The molecule has 0 unspecified atom stereocenters. The van der Waals surface area contributed by atoms with E-state index in [2.05, 4.69) is 49.2 Å². The third-order valence-electron chi connectivity index (χ3n) is 3.44. The van der Waals surface area contributed by atoms with E-state index in [1.54, 1.807) is 11.8 Å². The van der Waals surface area contributed by atoms with Gasteiger partial charge in [0.25, 0.3) is 0 Å². The van der Waals surface area contributed by atoms with E-state index in [0.29, 0.717) is 0 Å². The van der Waals surface area contributed by atoms with Crippen LogP contribution in [0.4, 0.5) is 0 Å². The van der Waals surface area contributed by atoms with Gasteiger partial charge in [0.2, 0.25) is 0 Å². The summed E-state index contributed by atoms with van der Waals surface area (Å²) in [6, 6.07) is 14.8. The van der Waals surface area contributed by atoms with Crippen molar-refractivity contribution in [2.24, 2.45) is 0 Å². The zero-order valence-corrected chi connectivity index (χ0v) is 13.1. The van der Waals surface area contributed by atoms with Crippen molar-refractivity contribution in [1.82, 2.24) is 4.98 Å². The molecule has 0 atom stereocenters. The Kier molecular flexibility index (Phi) is 3.77. The SMILES string of the molecule is CCc1ccc(Sc2c(C)[nH]c3cc(Cl)ccc23)cc1. The van der Waals surface area contributed by atoms with Gasteiger partial charge in [0.15, 0.2) is 0 Å². The molecule has 3 aromatic rings. The van der Waals surface area contributed by atoms with Crippen molar-refractivity contribution in [3.63, 3.8) is 0 Å². The van der Waals surface area contributed by atoms with Gasteiger partial charge in [0, 0.05) is 31.4 Å². The number of nitrogens with one attached hydrogen (secondary N) is 1. The molecule has 1 N–H and O–H groups in total. The molecule has 0 saturated heterocycles. The quantitative estimate of drug-likeness (QED) is 0.642. The molecule has 3 rings (SSSR count). The second kappa shape index (κ2) is 5.55. The van der Waals surface area contributed by atoms with E-state index in [4.69, 9.17) is 11.6 Å². The van der Waals surface area contributed by atoms with Crippen LogP contribution in [0.1, 0.15) is 18.2 Å². The number of hydrogen-bond acceptors (Lipinski definition) is 1. The Balaban J connectivity index is 1.99. The van der Waals surface area contributed by atoms with Crippen molar-refractivity contribution >= 4 is 34.3 Å². The molecule has 0 amide bonds. The van der Waals surface area contributed by atoms with Crippen molar-refractivity contribution in [3.8, 4) is 0 Å². The molecule has 0 saturated carbocycles. The fourth-order valence-electron chi connectivity index (χ4n) is 2.32. The van der Waals surface area contributed by atoms with Gasteiger partial charge in [-0.1, -0.05) is 48.5 Å². The summed E-state index contributed by atoms with van der Waals surface area (Å²) in [5, 5.41) is 2.00. The molecule has 0 aliphatic carbocycles. The van der Waals surface area contributed by atoms with Crippen LogP contribution in [-0.2, 0) is 6.42 Å². The van der Waals surface area contributed by atoms with Crippen LogP contribution in [-0.4, -0.2) is 4.98 Å². The smallest absolute Gasteiger partial charge is 0.0482 e. The highest BCUT2D eigenvalue weighted by Gasteiger charge is 2.10. The van der Waals surface area contributed by atoms with Crippen LogP contribution in [0.3, 0.4) is 0 Å². The lowest BCUT2D eigenvalue weighted by molar-refractivity contribution is 1.13. The van der Waals surface area contributed by atoms with Gasteiger partial charge < -0.3 is 4.98 Å². The average molecular weight is 302 g/mol. The number of benzene rings is 2. The standard InChI is InChI=1S/C17H16ClNS/c1-3-12-4-7-14(8-5-12)20-17-11(2)19-16-10-13(18)6-9-15(16)17/h4-10,19H,3H2,1-2H3. The van der Waals surface area contributed by atoms with Crippen LogP contribution in [0.2, 0.25) is 5.02 Å². The van der Waals surface area contributed by atoms with Crippen molar-refractivity contribution in [2.45, 2.75) is 30.1 Å². The van der Waals surface area contributed by atoms with Crippen LogP contribution in [0, 0.1) is 6.92 Å². The summed E-state index contributed by atoms with van der Waals surface area (Å²) in [4.78, 5) is 5.95. The van der Waals surface area contributed by atoms with Gasteiger partial charge in [-0.25, -0.2) is 0 Å². The predicted octanol–water partition coefficient (Wildman–Crippen LogP) is 5.84. The summed E-state index contributed by atoms with van der Waals surface area (Å²) in [6.07, 6.45) is 1.08. The Morgan fingerprint density at radius 2 is 1.85 bits per heavy atom. The maximum absolute atomic E-state index is 6.05. The van der Waals surface area contributed by atoms with Crippen molar-refractivity contribution in [2.75, 3.05) is 0 Å². The van der Waals surface area contributed by atoms with Gasteiger partial charge in [-0.3, -0.25) is 0 Å². The van der Waals surface area contributed by atoms with Gasteiger partial charge in [-0.15, -0.1) is 0 Å². The Morgan fingerprint density at radius 3 is 2.55 bits per heavy atom. The number of fused-ring (bicyclic) bond motifs is 1. The number of rotatable bonds is 3. The third kappa shape index (κ3) is 2.58. The van der Waals surface area contributed by atoms with Crippen molar-refractivity contribution in [3.05, 3.63) is 58.7 Å². The van der Waals surface area contributed by atoms with E-state index in [0.717, 1.165) is 17.0 Å². The molecular formula is C17H16ClNS. The van der Waals surface area contributed by atoms with E-state index in [1.165, 1.54) is 26.4 Å². The molecule has 1 nitrogen and oxygen atoms in total. The molecule has 0 spiro atoms. The summed E-state index contributed by atoms with van der Waals surface area (Å²) < 4.78 is 0. The topological polar surface area (TPSA) is 15.8 Å². The van der Waals surface area contributed by atoms with Gasteiger partial charge >= 0.3 is 0 Å². The molecule has 2 aromatic carbocycles. The summed E-state index contributed by atoms with van der Waals surface area (Å²) in [6.45, 7) is 4.28. The molecule has 102 valence electrons. The molecule has 0 bridgehead atoms. The van der Waals surface area contributed by atoms with Crippen LogP contribution < -0.4 is 0 Å². The van der Waals surface area contributed by atoms with Crippen LogP contribution in [0.15, 0.2) is 52.3 Å². The maximum Gasteiger partial charge on any atom is 0.0482 e. The van der Waals surface area contributed by atoms with E-state index >= 15 is 0 Å². The highest BCUT2D eigenvalue weighted by molar-refractivity contribution is 7.99. The molecule has 1 heterocycles. The van der Waals surface area contributed by atoms with E-state index < -0.39 is 0 Å². The highest BCUT2D eigenvalue weighted by atomic mass is 35.5. The molecule has 0 fully saturated rings. The molecule has 0 radical (unpaired) electrons. The van der Waals surface area contributed by atoms with Crippen molar-refractivity contribution < 1.29 is 0 Å². The second-order valence-electron chi connectivity index (χ2n) is 4.87. The minimum Gasteiger partial charge on any atom is -0.358 e. The number of halogens is 1. The fraction of sp³-hybridized carbons (Fsp3) is 0.176. The molecule has 1 aromatic heterocycles. The van der Waals surface area contributed by atoms with Crippen LogP contribution in [0.25, 0.3) is 10.9 Å². The first-order chi connectivity index (χ1) is 9.67. The maximum atomic E-state index is 6.05. The zero-order valence-electron chi connectivity index (χ0n) is 11.5. The molecule has 0 aliphatic heterocycles. The minimum absolute atomic E-state index is 0.766. The Hall–Kier alpha value is -1.38. The summed E-state index contributed by atoms with van der Waals surface area (Å²) in [7, 11) is 0. The second-order valence-corrected chi connectivity index (χ2v) is 6.39. The number of aryl methyl sites for hydroxylation is 2. The predicted molar refractivity (Wildman–Crippen MR) is 88.0 cm³/mol. The first-order valence-electron chi connectivity index (χ1n) is 6.72. The van der Waals surface area contributed by atoms with Gasteiger partial charge in [0.05, 0.1) is 0 Å². The third-order valence-corrected chi connectivity index (χ3v) is 4.91. The normalized spacial score (nSPS) is 11.2. The first-order valence-corrected chi connectivity index (χ1v) is 7.91. The van der Waals surface area contributed by atoms with Gasteiger partial charge in [0.1, 0.15) is 0 Å². The van der Waals surface area contributed by atoms with Gasteiger partial charge in [-0.05, 0) is 43.2 Å². The lowest BCUT2D eigenvalue weighted by Gasteiger charge is -2.03. The largest absolute Gasteiger partial charge is 0.358 e. The lowest BCUT2D eigenvalue weighted by atomic mass is 10.2. The summed E-state index contributed by atoms with van der Waals surface area (Å²) >= 11 is 7.85. The summed E-state index contributed by atoms with van der Waals surface area (Å²) in [5.74, 6) is 0. The van der Waals surface area contributed by atoms with E-state index in [9.17, 15) is 0 Å². The number of hydrogen-bond donors (Lipinski definition) is 1. The van der Waals surface area contributed by atoms with Gasteiger partial charge in [-0.2, -0.15) is 0 Å². The fourth-order valence-corrected chi connectivity index (χ4v) is 3.49. The van der Waals surface area contributed by atoms with E-state index in [-0.39, 0.29) is 0 Å². The number of aromatic amines is 1. The number of aromatic nitrogens is 1. The Morgan fingerprint density at radius 1 is 1.10 bits per heavy atom. The highest BCUT2D eigenvalue weighted by Crippen LogP contribution is 2.37. The molecular weight excluding hydrogens is 286 g/mol. The Bertz CT molecular complexity index is 744. The molecule has 3 heteroatoms. The Labute approximate surface area is 128 Å². The number of H-pyrrole nitrogens is 1. The molecule has 20 heavy (non-hydrogen) atoms. The lowest BCUT2D eigenvalue weighted by Crippen LogP contribution is -1.80. The summed E-state index contributed by atoms with van der Waals surface area (Å²) in [5.41, 5.74) is 3.66. The monoisotopic (exact) mass is 301 g/mol. The minimum atomic E-state index is 0.766. The van der Waals surface area contributed by atoms with Crippen LogP contribution in [0.5, 0.6) is 0 Å². The van der Waals surface area contributed by atoms with E-state index in [1.807, 2.05) is 12.1 Å². The van der Waals surface area contributed by atoms with Crippen molar-refractivity contribution in [1.29, 1.82) is 0 Å². The first kappa shape index (κ1) is 13.6.